The monoisotopic (exact) mass is 247 g/mol. The highest BCUT2D eigenvalue weighted by Crippen LogP contribution is 2.36. The molecule has 96 valence electrons. The van der Waals surface area contributed by atoms with Gasteiger partial charge in [0.1, 0.15) is 6.54 Å². The van der Waals surface area contributed by atoms with E-state index in [4.69, 9.17) is 5.11 Å². The van der Waals surface area contributed by atoms with E-state index in [1.807, 2.05) is 38.1 Å². The number of rotatable bonds is 4. The third-order valence-corrected chi connectivity index (χ3v) is 3.36. The van der Waals surface area contributed by atoms with Crippen molar-refractivity contribution in [1.82, 2.24) is 4.90 Å². The zero-order chi connectivity index (χ0) is 13.3. The molecule has 1 N–H and O–H groups in total. The molecular formula is C14H17NO3. The van der Waals surface area contributed by atoms with Crippen LogP contribution in [0.15, 0.2) is 24.3 Å². The maximum absolute atomic E-state index is 12.3. The van der Waals surface area contributed by atoms with Gasteiger partial charge < -0.3 is 10.0 Å². The molecule has 0 aliphatic heterocycles. The summed E-state index contributed by atoms with van der Waals surface area (Å²) in [4.78, 5) is 24.6. The Morgan fingerprint density at radius 2 is 2.06 bits per heavy atom. The van der Waals surface area contributed by atoms with Gasteiger partial charge in [0.2, 0.25) is 5.91 Å². The highest BCUT2D eigenvalue weighted by atomic mass is 16.4. The summed E-state index contributed by atoms with van der Waals surface area (Å²) in [6, 6.07) is 7.73. The van der Waals surface area contributed by atoms with Crippen LogP contribution in [0.2, 0.25) is 0 Å². The molecule has 4 heteroatoms. The van der Waals surface area contributed by atoms with Crippen molar-refractivity contribution in [1.29, 1.82) is 0 Å². The molecule has 1 amide bonds. The third kappa shape index (κ3) is 2.23. The first kappa shape index (κ1) is 12.6. The van der Waals surface area contributed by atoms with Crippen molar-refractivity contribution < 1.29 is 14.7 Å². The molecule has 2 rings (SSSR count). The van der Waals surface area contributed by atoms with Gasteiger partial charge in [0.15, 0.2) is 0 Å². The minimum Gasteiger partial charge on any atom is -0.480 e. The lowest BCUT2D eigenvalue weighted by Gasteiger charge is -2.35. The summed E-state index contributed by atoms with van der Waals surface area (Å²) in [5.41, 5.74) is 2.23. The molecule has 1 aromatic rings. The van der Waals surface area contributed by atoms with E-state index < -0.39 is 5.97 Å². The average Bonchev–Trinajstić information content (AvgIpc) is 2.26. The van der Waals surface area contributed by atoms with Crippen molar-refractivity contribution in [2.75, 3.05) is 6.54 Å². The van der Waals surface area contributed by atoms with E-state index in [9.17, 15) is 9.59 Å². The topological polar surface area (TPSA) is 57.6 Å². The molecule has 0 aromatic heterocycles. The second-order valence-corrected chi connectivity index (χ2v) is 4.91. The van der Waals surface area contributed by atoms with Crippen LogP contribution < -0.4 is 0 Å². The second kappa shape index (κ2) is 4.80. The lowest BCUT2D eigenvalue weighted by atomic mass is 9.76. The molecule has 0 saturated carbocycles. The first-order chi connectivity index (χ1) is 8.50. The van der Waals surface area contributed by atoms with Gasteiger partial charge in [0, 0.05) is 6.04 Å². The number of hydrogen-bond acceptors (Lipinski definition) is 2. The van der Waals surface area contributed by atoms with Crippen LogP contribution in [0.3, 0.4) is 0 Å². The van der Waals surface area contributed by atoms with Gasteiger partial charge in [-0.05, 0) is 31.4 Å². The molecule has 0 saturated heterocycles. The molecule has 0 radical (unpaired) electrons. The van der Waals surface area contributed by atoms with E-state index >= 15 is 0 Å². The summed E-state index contributed by atoms with van der Waals surface area (Å²) < 4.78 is 0. The molecule has 1 atom stereocenters. The minimum absolute atomic E-state index is 0.0777. The molecule has 0 bridgehead atoms. The molecule has 1 aliphatic rings. The van der Waals surface area contributed by atoms with E-state index in [1.165, 1.54) is 10.5 Å². The number of nitrogens with zero attached hydrogens (tertiary/aromatic N) is 1. The number of carboxylic acids is 1. The lowest BCUT2D eigenvalue weighted by molar-refractivity contribution is -0.146. The second-order valence-electron chi connectivity index (χ2n) is 4.91. The predicted octanol–water partition coefficient (Wildman–Crippen LogP) is 1.65. The Bertz CT molecular complexity index is 482. The van der Waals surface area contributed by atoms with Crippen molar-refractivity contribution in [3.8, 4) is 0 Å². The first-order valence-electron chi connectivity index (χ1n) is 6.10. The Kier molecular flexibility index (Phi) is 3.36. The summed E-state index contributed by atoms with van der Waals surface area (Å²) in [6.07, 6.45) is 0.720. The van der Waals surface area contributed by atoms with Gasteiger partial charge in [-0.2, -0.15) is 0 Å². The Morgan fingerprint density at radius 3 is 2.61 bits per heavy atom. The molecule has 1 unspecified atom stereocenters. The summed E-state index contributed by atoms with van der Waals surface area (Å²) >= 11 is 0. The molecule has 0 spiro atoms. The van der Waals surface area contributed by atoms with Gasteiger partial charge in [-0.15, -0.1) is 0 Å². The molecular weight excluding hydrogens is 230 g/mol. The summed E-state index contributed by atoms with van der Waals surface area (Å²) in [5.74, 6) is -1.21. The Balaban J connectivity index is 2.14. The van der Waals surface area contributed by atoms with Crippen LogP contribution in [0.5, 0.6) is 0 Å². The summed E-state index contributed by atoms with van der Waals surface area (Å²) in [6.45, 7) is 3.45. The zero-order valence-electron chi connectivity index (χ0n) is 10.6. The molecule has 1 aliphatic carbocycles. The number of amides is 1. The van der Waals surface area contributed by atoms with Gasteiger partial charge in [0.25, 0.3) is 0 Å². The lowest BCUT2D eigenvalue weighted by Crippen LogP contribution is -2.45. The third-order valence-electron chi connectivity index (χ3n) is 3.36. The number of hydrogen-bond donors (Lipinski definition) is 1. The van der Waals surface area contributed by atoms with E-state index in [0.717, 1.165) is 12.0 Å². The minimum atomic E-state index is -0.968. The van der Waals surface area contributed by atoms with E-state index in [0.29, 0.717) is 0 Å². The summed E-state index contributed by atoms with van der Waals surface area (Å²) in [5, 5.41) is 8.86. The summed E-state index contributed by atoms with van der Waals surface area (Å²) in [7, 11) is 0. The smallest absolute Gasteiger partial charge is 0.323 e. The van der Waals surface area contributed by atoms with Gasteiger partial charge in [-0.1, -0.05) is 24.3 Å². The number of carbonyl (C=O) groups excluding carboxylic acids is 1. The average molecular weight is 247 g/mol. The first-order valence-corrected chi connectivity index (χ1v) is 6.10. The van der Waals surface area contributed by atoms with E-state index in [2.05, 4.69) is 0 Å². The Morgan fingerprint density at radius 1 is 1.39 bits per heavy atom. The zero-order valence-corrected chi connectivity index (χ0v) is 10.6. The largest absolute Gasteiger partial charge is 0.480 e. The van der Waals surface area contributed by atoms with Crippen LogP contribution in [-0.4, -0.2) is 34.5 Å². The fourth-order valence-electron chi connectivity index (χ4n) is 2.34. The van der Waals surface area contributed by atoms with E-state index in [1.54, 1.807) is 0 Å². The maximum atomic E-state index is 12.3. The van der Waals surface area contributed by atoms with Crippen molar-refractivity contribution in [2.45, 2.75) is 32.2 Å². The van der Waals surface area contributed by atoms with Gasteiger partial charge in [-0.25, -0.2) is 0 Å². The van der Waals surface area contributed by atoms with Crippen LogP contribution in [0.25, 0.3) is 0 Å². The van der Waals surface area contributed by atoms with Crippen molar-refractivity contribution in [2.24, 2.45) is 0 Å². The van der Waals surface area contributed by atoms with Crippen molar-refractivity contribution in [3.05, 3.63) is 35.4 Å². The SMILES string of the molecule is CC(C)N(CC(=O)O)C(=O)C1Cc2ccccc21. The predicted molar refractivity (Wildman–Crippen MR) is 67.4 cm³/mol. The van der Waals surface area contributed by atoms with Gasteiger partial charge >= 0.3 is 5.97 Å². The maximum Gasteiger partial charge on any atom is 0.323 e. The standard InChI is InChI=1S/C14H17NO3/c1-9(2)15(8-13(16)17)14(18)12-7-10-5-3-4-6-11(10)12/h3-6,9,12H,7-8H2,1-2H3,(H,16,17). The molecule has 18 heavy (non-hydrogen) atoms. The Labute approximate surface area is 106 Å². The van der Waals surface area contributed by atoms with Crippen LogP contribution in [0.4, 0.5) is 0 Å². The fourth-order valence-corrected chi connectivity index (χ4v) is 2.34. The molecule has 0 fully saturated rings. The Hall–Kier alpha value is -1.84. The number of carboxylic acid groups (broad SMARTS) is 1. The van der Waals surface area contributed by atoms with Crippen LogP contribution >= 0.6 is 0 Å². The van der Waals surface area contributed by atoms with Gasteiger partial charge in [0.05, 0.1) is 5.92 Å². The highest BCUT2D eigenvalue weighted by molar-refractivity contribution is 5.89. The van der Waals surface area contributed by atoms with Crippen molar-refractivity contribution in [3.63, 3.8) is 0 Å². The molecule has 1 aromatic carbocycles. The normalized spacial score (nSPS) is 16.9. The number of carbonyl (C=O) groups is 2. The number of benzene rings is 1. The van der Waals surface area contributed by atoms with E-state index in [-0.39, 0.29) is 24.4 Å². The highest BCUT2D eigenvalue weighted by Gasteiger charge is 2.35. The molecule has 4 nitrogen and oxygen atoms in total. The van der Waals surface area contributed by atoms with Gasteiger partial charge in [-0.3, -0.25) is 9.59 Å². The van der Waals surface area contributed by atoms with Crippen molar-refractivity contribution >= 4 is 11.9 Å². The number of fused-ring (bicyclic) bond motifs is 1. The van der Waals surface area contributed by atoms with Crippen LogP contribution in [-0.2, 0) is 16.0 Å². The molecule has 0 heterocycles. The number of aliphatic carboxylic acids is 1. The van der Waals surface area contributed by atoms with Crippen LogP contribution in [0, 0.1) is 0 Å². The van der Waals surface area contributed by atoms with Crippen LogP contribution in [0.1, 0.15) is 30.9 Å². The quantitative estimate of drug-likeness (QED) is 0.880. The fraction of sp³-hybridized carbons (Fsp3) is 0.429.